The van der Waals surface area contributed by atoms with Crippen LogP contribution in [0.3, 0.4) is 0 Å². The van der Waals surface area contributed by atoms with Gasteiger partial charge in [-0.2, -0.15) is 0 Å². The molecule has 1 fully saturated rings. The molecule has 0 aromatic heterocycles. The van der Waals surface area contributed by atoms with Crippen molar-refractivity contribution in [3.8, 4) is 5.75 Å². The molecule has 0 bridgehead atoms. The highest BCUT2D eigenvalue weighted by atomic mass is 79.9. The van der Waals surface area contributed by atoms with Crippen LogP contribution in [0, 0.1) is 0 Å². The van der Waals surface area contributed by atoms with Gasteiger partial charge in [0.25, 0.3) is 0 Å². The smallest absolute Gasteiger partial charge is 0.133 e. The molecule has 112 valence electrons. The highest BCUT2D eigenvalue weighted by Crippen LogP contribution is 2.29. The van der Waals surface area contributed by atoms with Crippen molar-refractivity contribution in [1.29, 1.82) is 0 Å². The Labute approximate surface area is 130 Å². The van der Waals surface area contributed by atoms with Gasteiger partial charge in [-0.05, 0) is 73.4 Å². The number of aliphatic hydroxyl groups is 1. The Morgan fingerprint density at radius 2 is 2.00 bits per heavy atom. The second-order valence-corrected chi connectivity index (χ2v) is 6.89. The maximum absolute atomic E-state index is 10.6. The number of benzene rings is 1. The number of hydrogen-bond donors (Lipinski definition) is 1. The van der Waals surface area contributed by atoms with Crippen molar-refractivity contribution < 1.29 is 9.84 Å². The van der Waals surface area contributed by atoms with Gasteiger partial charge in [0.1, 0.15) is 5.75 Å². The van der Waals surface area contributed by atoms with Crippen LogP contribution in [-0.4, -0.2) is 41.8 Å². The van der Waals surface area contributed by atoms with Crippen molar-refractivity contribution in [3.63, 3.8) is 0 Å². The summed E-state index contributed by atoms with van der Waals surface area (Å²) in [5, 5.41) is 10.6. The minimum atomic E-state index is -0.374. The third kappa shape index (κ3) is 3.35. The molecule has 1 aromatic carbocycles. The monoisotopic (exact) mass is 341 g/mol. The number of nitrogens with zero attached hydrogens (tertiary/aromatic N) is 1. The molecule has 1 heterocycles. The second-order valence-electron chi connectivity index (χ2n) is 6.04. The van der Waals surface area contributed by atoms with E-state index in [1.165, 1.54) is 12.8 Å². The molecule has 3 nitrogen and oxygen atoms in total. The molecule has 0 spiro atoms. The fourth-order valence-electron chi connectivity index (χ4n) is 2.81. The first-order valence-electron chi connectivity index (χ1n) is 7.20. The minimum Gasteiger partial charge on any atom is -0.496 e. The van der Waals surface area contributed by atoms with Crippen LogP contribution in [0.1, 0.15) is 32.3 Å². The number of aliphatic hydroxyl groups excluding tert-OH is 1. The molecule has 0 amide bonds. The van der Waals surface area contributed by atoms with Crippen LogP contribution in [0.15, 0.2) is 22.7 Å². The zero-order valence-electron chi connectivity index (χ0n) is 12.5. The third-order valence-electron chi connectivity index (χ3n) is 4.38. The predicted molar refractivity (Wildman–Crippen MR) is 85.3 cm³/mol. The zero-order chi connectivity index (χ0) is 14.8. The van der Waals surface area contributed by atoms with Gasteiger partial charge in [0.05, 0.1) is 17.7 Å². The molecule has 1 saturated heterocycles. The van der Waals surface area contributed by atoms with Crippen molar-refractivity contribution in [2.75, 3.05) is 20.2 Å². The lowest BCUT2D eigenvalue weighted by molar-refractivity contribution is 0.00336. The number of halogens is 1. The molecule has 1 atom stereocenters. The highest BCUT2D eigenvalue weighted by Gasteiger charge is 2.35. The maximum atomic E-state index is 10.6. The van der Waals surface area contributed by atoms with Crippen molar-refractivity contribution in [2.24, 2.45) is 0 Å². The van der Waals surface area contributed by atoms with Gasteiger partial charge in [0.15, 0.2) is 0 Å². The van der Waals surface area contributed by atoms with Gasteiger partial charge in [-0.3, -0.25) is 4.90 Å². The molecular formula is C16H24BrNO2. The van der Waals surface area contributed by atoms with Crippen molar-refractivity contribution in [2.45, 2.75) is 44.8 Å². The average molecular weight is 342 g/mol. The van der Waals surface area contributed by atoms with Gasteiger partial charge in [-0.1, -0.05) is 6.07 Å². The van der Waals surface area contributed by atoms with E-state index in [4.69, 9.17) is 4.74 Å². The molecule has 1 aliphatic rings. The van der Waals surface area contributed by atoms with Crippen LogP contribution in [-0.2, 0) is 6.42 Å². The molecule has 1 N–H and O–H groups in total. The fourth-order valence-corrected chi connectivity index (χ4v) is 3.40. The molecule has 20 heavy (non-hydrogen) atoms. The summed E-state index contributed by atoms with van der Waals surface area (Å²) in [6, 6.07) is 5.99. The Morgan fingerprint density at radius 3 is 2.55 bits per heavy atom. The van der Waals surface area contributed by atoms with Crippen LogP contribution in [0.2, 0.25) is 0 Å². The molecule has 0 radical (unpaired) electrons. The van der Waals surface area contributed by atoms with E-state index in [1.807, 2.05) is 18.2 Å². The standard InChI is InChI=1S/C16H24BrNO2/c1-16(2,18-8-4-5-9-18)15(19)11-12-6-7-14(20-3)13(17)10-12/h6-7,10,15,19H,4-5,8-9,11H2,1-3H3. The molecular weight excluding hydrogens is 318 g/mol. The first-order valence-corrected chi connectivity index (χ1v) is 8.00. The Balaban J connectivity index is 2.06. The summed E-state index contributed by atoms with van der Waals surface area (Å²) in [6.45, 7) is 6.47. The van der Waals surface area contributed by atoms with Crippen LogP contribution < -0.4 is 4.74 Å². The van der Waals surface area contributed by atoms with E-state index in [-0.39, 0.29) is 11.6 Å². The lowest BCUT2D eigenvalue weighted by Gasteiger charge is -2.39. The van der Waals surface area contributed by atoms with E-state index in [0.717, 1.165) is 28.9 Å². The summed E-state index contributed by atoms with van der Waals surface area (Å²) in [5.74, 6) is 0.821. The predicted octanol–water partition coefficient (Wildman–Crippen LogP) is 3.24. The Kier molecular flexibility index (Phi) is 5.10. The molecule has 1 aliphatic heterocycles. The Hall–Kier alpha value is -0.580. The summed E-state index contributed by atoms with van der Waals surface area (Å²) < 4.78 is 6.17. The van der Waals surface area contributed by atoms with Crippen molar-refractivity contribution in [1.82, 2.24) is 4.90 Å². The third-order valence-corrected chi connectivity index (χ3v) is 5.00. The summed E-state index contributed by atoms with van der Waals surface area (Å²) in [6.07, 6.45) is 2.77. The Bertz CT molecular complexity index is 456. The number of ether oxygens (including phenoxy) is 1. The van der Waals surface area contributed by atoms with Crippen molar-refractivity contribution in [3.05, 3.63) is 28.2 Å². The normalized spacial score (nSPS) is 18.2. The first-order chi connectivity index (χ1) is 9.45. The van der Waals surface area contributed by atoms with E-state index >= 15 is 0 Å². The number of hydrogen-bond acceptors (Lipinski definition) is 3. The highest BCUT2D eigenvalue weighted by molar-refractivity contribution is 9.10. The van der Waals surface area contributed by atoms with Crippen LogP contribution in [0.4, 0.5) is 0 Å². The number of likely N-dealkylation sites (tertiary alicyclic amines) is 1. The minimum absolute atomic E-state index is 0.178. The Morgan fingerprint density at radius 1 is 1.35 bits per heavy atom. The number of rotatable bonds is 5. The van der Waals surface area contributed by atoms with E-state index in [9.17, 15) is 5.11 Å². The quantitative estimate of drug-likeness (QED) is 0.892. The van der Waals surface area contributed by atoms with E-state index in [2.05, 4.69) is 34.7 Å². The van der Waals surface area contributed by atoms with E-state index in [1.54, 1.807) is 7.11 Å². The second kappa shape index (κ2) is 6.46. The molecule has 1 unspecified atom stereocenters. The summed E-state index contributed by atoms with van der Waals surface area (Å²) in [4.78, 5) is 2.40. The van der Waals surface area contributed by atoms with Gasteiger partial charge >= 0.3 is 0 Å². The number of methoxy groups -OCH3 is 1. The molecule has 0 saturated carbocycles. The topological polar surface area (TPSA) is 32.7 Å². The maximum Gasteiger partial charge on any atom is 0.133 e. The lowest BCUT2D eigenvalue weighted by atomic mass is 9.90. The van der Waals surface area contributed by atoms with Crippen molar-refractivity contribution >= 4 is 15.9 Å². The van der Waals surface area contributed by atoms with Crippen LogP contribution in [0.5, 0.6) is 5.75 Å². The largest absolute Gasteiger partial charge is 0.496 e. The van der Waals surface area contributed by atoms with Gasteiger partial charge in [0.2, 0.25) is 0 Å². The lowest BCUT2D eigenvalue weighted by Crippen LogP contribution is -2.51. The SMILES string of the molecule is COc1ccc(CC(O)C(C)(C)N2CCCC2)cc1Br. The fraction of sp³-hybridized carbons (Fsp3) is 0.625. The van der Waals surface area contributed by atoms with Crippen LogP contribution >= 0.6 is 15.9 Å². The van der Waals surface area contributed by atoms with Gasteiger partial charge in [0, 0.05) is 12.0 Å². The summed E-state index contributed by atoms with van der Waals surface area (Å²) in [5.41, 5.74) is 0.945. The van der Waals surface area contributed by atoms with Crippen LogP contribution in [0.25, 0.3) is 0 Å². The molecule has 4 heteroatoms. The molecule has 2 rings (SSSR count). The molecule has 1 aromatic rings. The summed E-state index contributed by atoms with van der Waals surface area (Å²) in [7, 11) is 1.66. The van der Waals surface area contributed by atoms with E-state index in [0.29, 0.717) is 6.42 Å². The molecule has 0 aliphatic carbocycles. The van der Waals surface area contributed by atoms with Gasteiger partial charge in [-0.15, -0.1) is 0 Å². The van der Waals surface area contributed by atoms with Gasteiger partial charge < -0.3 is 9.84 Å². The van der Waals surface area contributed by atoms with Gasteiger partial charge in [-0.25, -0.2) is 0 Å². The zero-order valence-corrected chi connectivity index (χ0v) is 14.1. The average Bonchev–Trinajstić information content (AvgIpc) is 2.93. The summed E-state index contributed by atoms with van der Waals surface area (Å²) >= 11 is 3.50. The van der Waals surface area contributed by atoms with E-state index < -0.39 is 0 Å². The first kappa shape index (κ1) is 15.8.